The van der Waals surface area contributed by atoms with Gasteiger partial charge in [-0.05, 0) is 82.3 Å². The van der Waals surface area contributed by atoms with Crippen molar-refractivity contribution in [1.29, 1.82) is 0 Å². The molecule has 0 saturated carbocycles. The number of hydrogen-bond donors (Lipinski definition) is 0. The number of rotatable bonds is 6. The minimum Gasteiger partial charge on any atom is -0.0642 e. The molecule has 0 aromatic heterocycles. The molecule has 1 aliphatic rings. The molecule has 0 heterocycles. The fraction of sp³-hybridized carbons (Fsp3) is 0.294. The maximum Gasteiger partial charge on any atom is 0.0204 e. The van der Waals surface area contributed by atoms with Crippen LogP contribution in [0.4, 0.5) is 0 Å². The lowest BCUT2D eigenvalue weighted by molar-refractivity contribution is 0.388. The van der Waals surface area contributed by atoms with Crippen molar-refractivity contribution in [3.05, 3.63) is 119 Å². The molecule has 0 radical (unpaired) electrons. The van der Waals surface area contributed by atoms with Gasteiger partial charge in [-0.1, -0.05) is 113 Å². The summed E-state index contributed by atoms with van der Waals surface area (Å²) < 4.78 is 0. The van der Waals surface area contributed by atoms with Crippen LogP contribution in [0.5, 0.6) is 0 Å². The van der Waals surface area contributed by atoms with Crippen molar-refractivity contribution < 1.29 is 0 Å². The van der Waals surface area contributed by atoms with E-state index in [0.29, 0.717) is 0 Å². The minimum absolute atomic E-state index is 0.0402. The average molecular weight is 445 g/mol. The third-order valence-corrected chi connectivity index (χ3v) is 8.73. The predicted octanol–water partition coefficient (Wildman–Crippen LogP) is 9.55. The van der Waals surface area contributed by atoms with Gasteiger partial charge in [0.1, 0.15) is 0 Å². The van der Waals surface area contributed by atoms with Crippen LogP contribution in [0.15, 0.2) is 97.1 Å². The topological polar surface area (TPSA) is 0 Å². The van der Waals surface area contributed by atoms with Gasteiger partial charge >= 0.3 is 0 Å². The van der Waals surface area contributed by atoms with Gasteiger partial charge in [-0.15, -0.1) is 0 Å². The molecule has 4 aromatic carbocycles. The zero-order valence-electron chi connectivity index (χ0n) is 21.1. The Hall–Kier alpha value is -3.12. The van der Waals surface area contributed by atoms with Crippen LogP contribution in [0, 0.1) is 0 Å². The van der Waals surface area contributed by atoms with Crippen molar-refractivity contribution in [2.45, 2.75) is 64.2 Å². The summed E-state index contributed by atoms with van der Waals surface area (Å²) in [7, 11) is 0. The summed E-state index contributed by atoms with van der Waals surface area (Å²) in [5, 5.41) is 0. The Kier molecular flexibility index (Phi) is 5.94. The zero-order valence-corrected chi connectivity index (χ0v) is 21.1. The molecule has 0 fully saturated rings. The first-order valence-corrected chi connectivity index (χ1v) is 13.0. The third kappa shape index (κ3) is 3.27. The van der Waals surface area contributed by atoms with Crippen LogP contribution in [-0.2, 0) is 10.8 Å². The van der Waals surface area contributed by atoms with E-state index in [0.717, 1.165) is 25.7 Å². The van der Waals surface area contributed by atoms with Crippen LogP contribution in [-0.4, -0.2) is 0 Å². The molecule has 0 atom stereocenters. The van der Waals surface area contributed by atoms with Crippen LogP contribution in [0.3, 0.4) is 0 Å². The normalized spacial score (nSPS) is 15.4. The lowest BCUT2D eigenvalue weighted by atomic mass is 9.54. The highest BCUT2D eigenvalue weighted by atomic mass is 14.5. The summed E-state index contributed by atoms with van der Waals surface area (Å²) in [4.78, 5) is 0. The van der Waals surface area contributed by atoms with Crippen molar-refractivity contribution >= 4 is 0 Å². The molecule has 0 heteroatoms. The minimum atomic E-state index is 0.0402. The van der Waals surface area contributed by atoms with Gasteiger partial charge in [-0.3, -0.25) is 0 Å². The summed E-state index contributed by atoms with van der Waals surface area (Å²) in [6, 6.07) is 36.4. The molecule has 0 amide bonds. The smallest absolute Gasteiger partial charge is 0.0204 e. The Bertz CT molecular complexity index is 1170. The Morgan fingerprint density at radius 1 is 0.382 bits per heavy atom. The van der Waals surface area contributed by atoms with Gasteiger partial charge < -0.3 is 0 Å². The summed E-state index contributed by atoms with van der Waals surface area (Å²) in [5.74, 6) is 0. The van der Waals surface area contributed by atoms with Crippen molar-refractivity contribution in [2.24, 2.45) is 0 Å². The van der Waals surface area contributed by atoms with E-state index < -0.39 is 0 Å². The van der Waals surface area contributed by atoms with Gasteiger partial charge in [-0.2, -0.15) is 0 Å². The summed E-state index contributed by atoms with van der Waals surface area (Å²) >= 11 is 0. The van der Waals surface area contributed by atoms with Gasteiger partial charge in [0.05, 0.1) is 0 Å². The molecule has 4 aromatic rings. The van der Waals surface area contributed by atoms with E-state index in [1.165, 1.54) is 22.3 Å². The second-order valence-corrected chi connectivity index (χ2v) is 9.83. The maximum absolute atomic E-state index is 2.52. The fourth-order valence-corrected chi connectivity index (χ4v) is 6.65. The van der Waals surface area contributed by atoms with Crippen LogP contribution < -0.4 is 0 Å². The van der Waals surface area contributed by atoms with E-state index >= 15 is 0 Å². The highest BCUT2D eigenvalue weighted by molar-refractivity contribution is 5.72. The van der Waals surface area contributed by atoms with E-state index in [2.05, 4.69) is 125 Å². The van der Waals surface area contributed by atoms with Crippen LogP contribution >= 0.6 is 0 Å². The quantitative estimate of drug-likeness (QED) is 0.278. The predicted molar refractivity (Wildman–Crippen MR) is 146 cm³/mol. The van der Waals surface area contributed by atoms with E-state index in [9.17, 15) is 0 Å². The molecule has 0 aliphatic heterocycles. The highest BCUT2D eigenvalue weighted by Crippen LogP contribution is 2.56. The first kappa shape index (κ1) is 22.7. The largest absolute Gasteiger partial charge is 0.0642 e. The van der Waals surface area contributed by atoms with Crippen molar-refractivity contribution in [2.75, 3.05) is 0 Å². The van der Waals surface area contributed by atoms with Crippen LogP contribution in [0.1, 0.15) is 75.6 Å². The van der Waals surface area contributed by atoms with Crippen molar-refractivity contribution in [3.8, 4) is 22.3 Å². The number of fused-ring (bicyclic) bond motifs is 2. The first-order valence-electron chi connectivity index (χ1n) is 13.0. The average Bonchev–Trinajstić information content (AvgIpc) is 2.92. The standard InChI is InChI=1S/C34H36/c1-5-33(6-2)29-21-19-28(26-17-13-10-14-18-26)24-32(29)34(7-3,8-4)30-22-20-27(23-31(30)33)25-15-11-9-12-16-25/h9-24H,5-8H2,1-4H3. The monoisotopic (exact) mass is 444 g/mol. The Labute approximate surface area is 205 Å². The summed E-state index contributed by atoms with van der Waals surface area (Å²) in [6.07, 6.45) is 4.43. The van der Waals surface area contributed by atoms with E-state index in [1.807, 2.05) is 0 Å². The summed E-state index contributed by atoms with van der Waals surface area (Å²) in [6.45, 7) is 9.51. The molecule has 0 saturated heterocycles. The van der Waals surface area contributed by atoms with Gasteiger partial charge in [-0.25, -0.2) is 0 Å². The van der Waals surface area contributed by atoms with Crippen LogP contribution in [0.25, 0.3) is 22.3 Å². The molecule has 172 valence electrons. The Morgan fingerprint density at radius 3 is 1.06 bits per heavy atom. The second-order valence-electron chi connectivity index (χ2n) is 9.83. The van der Waals surface area contributed by atoms with Gasteiger partial charge in [0.15, 0.2) is 0 Å². The van der Waals surface area contributed by atoms with Crippen LogP contribution in [0.2, 0.25) is 0 Å². The van der Waals surface area contributed by atoms with Gasteiger partial charge in [0.25, 0.3) is 0 Å². The lowest BCUT2D eigenvalue weighted by Gasteiger charge is -2.49. The molecule has 5 rings (SSSR count). The molecular weight excluding hydrogens is 408 g/mol. The SMILES string of the molecule is CCC1(CC)c2ccc(-c3ccccc3)cc2C(CC)(CC)c2ccc(-c3ccccc3)cc21. The molecule has 0 bridgehead atoms. The second kappa shape index (κ2) is 8.91. The molecule has 34 heavy (non-hydrogen) atoms. The summed E-state index contributed by atoms with van der Waals surface area (Å²) in [5.41, 5.74) is 11.5. The molecular formula is C34H36. The Balaban J connectivity index is 1.81. The highest BCUT2D eigenvalue weighted by Gasteiger charge is 2.47. The molecule has 0 nitrogen and oxygen atoms in total. The number of hydrogen-bond acceptors (Lipinski definition) is 0. The first-order chi connectivity index (χ1) is 16.6. The van der Waals surface area contributed by atoms with E-state index in [1.54, 1.807) is 22.3 Å². The van der Waals surface area contributed by atoms with Gasteiger partial charge in [0.2, 0.25) is 0 Å². The Morgan fingerprint density at radius 2 is 0.735 bits per heavy atom. The molecule has 0 unspecified atom stereocenters. The fourth-order valence-electron chi connectivity index (χ4n) is 6.65. The molecule has 0 spiro atoms. The third-order valence-electron chi connectivity index (χ3n) is 8.73. The van der Waals surface area contributed by atoms with Gasteiger partial charge in [0, 0.05) is 10.8 Å². The number of benzene rings is 4. The molecule has 0 N–H and O–H groups in total. The molecule has 1 aliphatic carbocycles. The zero-order chi connectivity index (χ0) is 23.8. The van der Waals surface area contributed by atoms with E-state index in [-0.39, 0.29) is 10.8 Å². The lowest BCUT2D eigenvalue weighted by Crippen LogP contribution is -2.42. The van der Waals surface area contributed by atoms with Crippen molar-refractivity contribution in [1.82, 2.24) is 0 Å². The maximum atomic E-state index is 2.52. The van der Waals surface area contributed by atoms with Crippen molar-refractivity contribution in [3.63, 3.8) is 0 Å². The van der Waals surface area contributed by atoms with E-state index in [4.69, 9.17) is 0 Å².